The lowest BCUT2D eigenvalue weighted by Gasteiger charge is -2.41. The van der Waals surface area contributed by atoms with Crippen molar-refractivity contribution in [3.05, 3.63) is 83.0 Å². The van der Waals surface area contributed by atoms with E-state index in [1.807, 2.05) is 6.92 Å². The third-order valence-corrected chi connectivity index (χ3v) is 9.34. The van der Waals surface area contributed by atoms with Gasteiger partial charge in [0.2, 0.25) is 11.8 Å². The van der Waals surface area contributed by atoms with Crippen LogP contribution < -0.4 is 5.32 Å². The van der Waals surface area contributed by atoms with Crippen molar-refractivity contribution in [3.8, 4) is 11.4 Å². The third-order valence-electron chi connectivity index (χ3n) is 9.34. The van der Waals surface area contributed by atoms with Gasteiger partial charge >= 0.3 is 0 Å². The summed E-state index contributed by atoms with van der Waals surface area (Å²) in [6, 6.07) is 11.4. The van der Waals surface area contributed by atoms with Crippen LogP contribution in [0, 0.1) is 37.4 Å². The molecule has 3 N–H and O–H groups in total. The molecule has 40 heavy (non-hydrogen) atoms. The van der Waals surface area contributed by atoms with Crippen molar-refractivity contribution in [2.75, 3.05) is 7.11 Å². The SMILES string of the molecule is COC1CC2C(C1)C2C1(c2nnc(C)o2)N[C@@H](c2ncc(-c3ccc(F)c(C)n3)[nH]2)Cc2c1[nH]c1ccccc21. The molecule has 9 nitrogen and oxygen atoms in total. The Kier molecular flexibility index (Phi) is 5.12. The molecule has 0 radical (unpaired) electrons. The lowest BCUT2D eigenvalue weighted by molar-refractivity contribution is 0.0822. The number of nitrogens with one attached hydrogen (secondary N) is 3. The molecule has 4 aromatic heterocycles. The Morgan fingerprint density at radius 2 is 1.88 bits per heavy atom. The molecule has 3 unspecified atom stereocenters. The highest BCUT2D eigenvalue weighted by Gasteiger charge is 2.69. The summed E-state index contributed by atoms with van der Waals surface area (Å²) in [4.78, 5) is 16.5. The monoisotopic (exact) mass is 539 g/mol. The number of imidazole rings is 1. The first-order chi connectivity index (χ1) is 19.5. The topological polar surface area (TPSA) is 118 Å². The van der Waals surface area contributed by atoms with E-state index in [-0.39, 0.29) is 23.9 Å². The van der Waals surface area contributed by atoms with Crippen LogP contribution >= 0.6 is 0 Å². The number of aromatic amines is 2. The Morgan fingerprint density at radius 3 is 2.62 bits per heavy atom. The van der Waals surface area contributed by atoms with E-state index in [9.17, 15) is 4.39 Å². The van der Waals surface area contributed by atoms with E-state index < -0.39 is 5.54 Å². The highest BCUT2D eigenvalue weighted by molar-refractivity contribution is 5.86. The van der Waals surface area contributed by atoms with Crippen molar-refractivity contribution in [1.82, 2.24) is 35.5 Å². The maximum atomic E-state index is 13.9. The second kappa shape index (κ2) is 8.55. The van der Waals surface area contributed by atoms with Crippen molar-refractivity contribution < 1.29 is 13.5 Å². The van der Waals surface area contributed by atoms with Gasteiger partial charge in [0.1, 0.15) is 17.2 Å². The lowest BCUT2D eigenvalue weighted by Crippen LogP contribution is -2.53. The molecule has 5 heterocycles. The molecule has 0 bridgehead atoms. The number of rotatable bonds is 5. The van der Waals surface area contributed by atoms with Gasteiger partial charge in [-0.3, -0.25) is 5.32 Å². The average molecular weight is 540 g/mol. The van der Waals surface area contributed by atoms with E-state index in [0.29, 0.717) is 35.0 Å². The fourth-order valence-electron chi connectivity index (χ4n) is 7.51. The third kappa shape index (κ3) is 3.38. The zero-order chi connectivity index (χ0) is 27.2. The van der Waals surface area contributed by atoms with E-state index in [1.165, 1.54) is 17.0 Å². The van der Waals surface area contributed by atoms with Crippen LogP contribution in [0.25, 0.3) is 22.3 Å². The van der Waals surface area contributed by atoms with Gasteiger partial charge in [0.25, 0.3) is 0 Å². The van der Waals surface area contributed by atoms with Crippen molar-refractivity contribution in [1.29, 1.82) is 0 Å². The number of aromatic nitrogens is 6. The van der Waals surface area contributed by atoms with E-state index >= 15 is 0 Å². The van der Waals surface area contributed by atoms with E-state index in [2.05, 4.69) is 54.7 Å². The maximum absolute atomic E-state index is 13.9. The number of fused-ring (bicyclic) bond motifs is 4. The molecule has 0 spiro atoms. The molecule has 0 saturated heterocycles. The van der Waals surface area contributed by atoms with Gasteiger partial charge in [0, 0.05) is 30.6 Å². The van der Waals surface area contributed by atoms with Crippen LogP contribution in [0.15, 0.2) is 47.0 Å². The summed E-state index contributed by atoms with van der Waals surface area (Å²) in [6.07, 6.45) is 4.81. The van der Waals surface area contributed by atoms with Gasteiger partial charge in [0.05, 0.1) is 35.4 Å². The molecule has 1 aliphatic heterocycles. The molecule has 1 aromatic carbocycles. The van der Waals surface area contributed by atoms with Gasteiger partial charge in [-0.25, -0.2) is 14.4 Å². The molecule has 2 aliphatic carbocycles. The molecule has 5 aromatic rings. The van der Waals surface area contributed by atoms with Gasteiger partial charge in [-0.15, -0.1) is 10.2 Å². The molecule has 204 valence electrons. The number of aryl methyl sites for hydroxylation is 2. The van der Waals surface area contributed by atoms with Crippen LogP contribution in [0.5, 0.6) is 0 Å². The molecule has 2 saturated carbocycles. The number of hydrogen-bond acceptors (Lipinski definition) is 7. The highest BCUT2D eigenvalue weighted by atomic mass is 19.1. The van der Waals surface area contributed by atoms with Gasteiger partial charge in [-0.05, 0) is 67.7 Å². The van der Waals surface area contributed by atoms with Crippen molar-refractivity contribution in [2.24, 2.45) is 17.8 Å². The predicted molar refractivity (Wildman–Crippen MR) is 145 cm³/mol. The molecule has 8 rings (SSSR count). The van der Waals surface area contributed by atoms with Crippen molar-refractivity contribution in [2.45, 2.75) is 50.8 Å². The van der Waals surface area contributed by atoms with E-state index in [1.54, 1.807) is 26.3 Å². The number of hydrogen-bond donors (Lipinski definition) is 3. The number of ether oxygens (including phenoxy) is 1. The molecule has 10 heteroatoms. The van der Waals surface area contributed by atoms with Crippen molar-refractivity contribution >= 4 is 10.9 Å². The quantitative estimate of drug-likeness (QED) is 0.291. The second-order valence-corrected chi connectivity index (χ2v) is 11.5. The van der Waals surface area contributed by atoms with Gasteiger partial charge < -0.3 is 19.1 Å². The number of para-hydroxylation sites is 1. The predicted octanol–water partition coefficient (Wildman–Crippen LogP) is 4.89. The van der Waals surface area contributed by atoms with Gasteiger partial charge in [-0.1, -0.05) is 18.2 Å². The first-order valence-corrected chi connectivity index (χ1v) is 13.9. The minimum absolute atomic E-state index is 0.159. The Balaban J connectivity index is 1.28. The summed E-state index contributed by atoms with van der Waals surface area (Å²) in [5.74, 6) is 2.82. The molecular formula is C30H30FN7O2. The van der Waals surface area contributed by atoms with Crippen LogP contribution in [0.1, 0.15) is 53.4 Å². The number of nitrogens with zero attached hydrogens (tertiary/aromatic N) is 4. The highest BCUT2D eigenvalue weighted by Crippen LogP contribution is 2.67. The van der Waals surface area contributed by atoms with Crippen molar-refractivity contribution in [3.63, 3.8) is 0 Å². The average Bonchev–Trinajstić information content (AvgIpc) is 3.53. The summed E-state index contributed by atoms with van der Waals surface area (Å²) >= 11 is 0. The van der Waals surface area contributed by atoms with Crippen LogP contribution in [-0.4, -0.2) is 43.3 Å². The summed E-state index contributed by atoms with van der Waals surface area (Å²) in [6.45, 7) is 3.50. The second-order valence-electron chi connectivity index (χ2n) is 11.5. The minimum atomic E-state index is -0.704. The van der Waals surface area contributed by atoms with E-state index in [4.69, 9.17) is 14.1 Å². The molecule has 2 fully saturated rings. The number of methoxy groups -OCH3 is 1. The van der Waals surface area contributed by atoms with Crippen LogP contribution in [0.4, 0.5) is 4.39 Å². The standard InChI is InChI=1S/C30H30FN7O2/c1-14-21(31)8-9-23(33-14)25-13-32-28(35-25)24-12-20-17-6-4-5-7-22(17)34-27(20)30(36-24,29-38-37-15(2)40-29)26-18-10-16(39-3)11-19(18)26/h4-9,13,16,18-19,24,26,34,36H,10-12H2,1-3H3,(H,32,35)/t16?,18?,19?,24-,26?,30?/m1/s1. The number of pyridine rings is 1. The fourth-order valence-corrected chi connectivity index (χ4v) is 7.51. The van der Waals surface area contributed by atoms with Crippen LogP contribution in [-0.2, 0) is 16.7 Å². The molecule has 0 amide bonds. The number of halogens is 1. The number of benzene rings is 1. The Morgan fingerprint density at radius 1 is 1.05 bits per heavy atom. The smallest absolute Gasteiger partial charge is 0.242 e. The zero-order valence-electron chi connectivity index (χ0n) is 22.5. The summed E-state index contributed by atoms with van der Waals surface area (Å²) < 4.78 is 25.9. The summed E-state index contributed by atoms with van der Waals surface area (Å²) in [7, 11) is 1.80. The molecule has 3 aliphatic rings. The van der Waals surface area contributed by atoms with Crippen LogP contribution in [0.3, 0.4) is 0 Å². The Hall–Kier alpha value is -3.89. The minimum Gasteiger partial charge on any atom is -0.423 e. The zero-order valence-corrected chi connectivity index (χ0v) is 22.5. The lowest BCUT2D eigenvalue weighted by atomic mass is 9.77. The fraction of sp³-hybridized carbons (Fsp3) is 0.400. The first-order valence-electron chi connectivity index (χ1n) is 13.9. The first kappa shape index (κ1) is 24.0. The largest absolute Gasteiger partial charge is 0.423 e. The normalized spacial score (nSPS) is 29.1. The van der Waals surface area contributed by atoms with E-state index in [0.717, 1.165) is 42.0 Å². The van der Waals surface area contributed by atoms with Gasteiger partial charge in [-0.2, -0.15) is 0 Å². The maximum Gasteiger partial charge on any atom is 0.242 e. The molecule has 4 atom stereocenters. The van der Waals surface area contributed by atoms with Gasteiger partial charge in [0.15, 0.2) is 0 Å². The summed E-state index contributed by atoms with van der Waals surface area (Å²) in [5.41, 5.74) is 4.47. The van der Waals surface area contributed by atoms with Crippen LogP contribution in [0.2, 0.25) is 0 Å². The Bertz CT molecular complexity index is 1750. The molecular weight excluding hydrogens is 509 g/mol. The Labute approximate surface area is 230 Å². The summed E-state index contributed by atoms with van der Waals surface area (Å²) in [5, 5.41) is 14.1. The number of H-pyrrole nitrogens is 2.